The molecule has 2 N–H and O–H groups in total. The summed E-state index contributed by atoms with van der Waals surface area (Å²) in [6.07, 6.45) is 0. The molecule has 0 fully saturated rings. The van der Waals surface area contributed by atoms with E-state index in [1.54, 1.807) is 0 Å². The first-order chi connectivity index (χ1) is 6.97. The summed E-state index contributed by atoms with van der Waals surface area (Å²) in [4.78, 5) is 11.6. The molecular formula is C10H16N2O2S. The zero-order chi connectivity index (χ0) is 11.6. The molecule has 1 unspecified atom stereocenters. The van der Waals surface area contributed by atoms with Crippen LogP contribution in [0.5, 0.6) is 0 Å². The fourth-order valence-corrected chi connectivity index (χ4v) is 1.89. The van der Waals surface area contributed by atoms with Crippen LogP contribution in [0.25, 0.3) is 0 Å². The maximum absolute atomic E-state index is 11.6. The first kappa shape index (κ1) is 12.0. The molecule has 1 atom stereocenters. The summed E-state index contributed by atoms with van der Waals surface area (Å²) in [6, 6.07) is -0.0776. The van der Waals surface area contributed by atoms with Gasteiger partial charge < -0.3 is 15.4 Å². The van der Waals surface area contributed by atoms with Crippen LogP contribution in [0.15, 0.2) is 11.3 Å². The maximum Gasteiger partial charge on any atom is 0.337 e. The summed E-state index contributed by atoms with van der Waals surface area (Å²) < 4.78 is 4.76. The molecule has 0 aliphatic carbocycles. The minimum Gasteiger partial charge on any atom is -0.466 e. The molecule has 0 bridgehead atoms. The average Bonchev–Trinajstić information content (AvgIpc) is 2.15. The van der Waals surface area contributed by atoms with Gasteiger partial charge in [-0.3, -0.25) is 0 Å². The number of hydrogen-bond acceptors (Lipinski definition) is 3. The van der Waals surface area contributed by atoms with Crippen LogP contribution in [0.4, 0.5) is 0 Å². The monoisotopic (exact) mass is 228 g/mol. The molecule has 1 rings (SSSR count). The third kappa shape index (κ3) is 2.47. The molecule has 0 aromatic rings. The maximum atomic E-state index is 11.6. The van der Waals surface area contributed by atoms with Gasteiger partial charge >= 0.3 is 5.97 Å². The lowest BCUT2D eigenvalue weighted by Crippen LogP contribution is -2.51. The van der Waals surface area contributed by atoms with Gasteiger partial charge in [0.1, 0.15) is 0 Å². The minimum atomic E-state index is -0.311. The van der Waals surface area contributed by atoms with Crippen LogP contribution in [0, 0.1) is 5.92 Å². The van der Waals surface area contributed by atoms with Crippen molar-refractivity contribution >= 4 is 23.3 Å². The third-order valence-electron chi connectivity index (χ3n) is 2.37. The molecule has 0 saturated heterocycles. The second-order valence-electron chi connectivity index (χ2n) is 3.85. The zero-order valence-electron chi connectivity index (χ0n) is 9.38. The van der Waals surface area contributed by atoms with E-state index in [0.717, 1.165) is 5.70 Å². The van der Waals surface area contributed by atoms with E-state index >= 15 is 0 Å². The minimum absolute atomic E-state index is 0.0776. The van der Waals surface area contributed by atoms with Gasteiger partial charge in [-0.1, -0.05) is 13.8 Å². The lowest BCUT2D eigenvalue weighted by Gasteiger charge is -2.31. The number of hydrogen-bond donors (Lipinski definition) is 2. The Morgan fingerprint density at radius 3 is 2.60 bits per heavy atom. The summed E-state index contributed by atoms with van der Waals surface area (Å²) in [5.74, 6) is -0.0391. The highest BCUT2D eigenvalue weighted by molar-refractivity contribution is 7.80. The lowest BCUT2D eigenvalue weighted by molar-refractivity contribution is -0.136. The summed E-state index contributed by atoms with van der Waals surface area (Å²) in [5, 5.41) is 6.56. The molecule has 1 heterocycles. The van der Waals surface area contributed by atoms with Crippen molar-refractivity contribution < 1.29 is 9.53 Å². The van der Waals surface area contributed by atoms with Gasteiger partial charge in [-0.2, -0.15) is 0 Å². The molecule has 1 aliphatic rings. The quantitative estimate of drug-likeness (QED) is 0.544. The predicted molar refractivity (Wildman–Crippen MR) is 62.2 cm³/mol. The Morgan fingerprint density at radius 1 is 1.53 bits per heavy atom. The Labute approximate surface area is 95.1 Å². The Morgan fingerprint density at radius 2 is 2.13 bits per heavy atom. The summed E-state index contributed by atoms with van der Waals surface area (Å²) in [7, 11) is 1.38. The normalized spacial score (nSPS) is 21.1. The fourth-order valence-electron chi connectivity index (χ4n) is 1.61. The summed E-state index contributed by atoms with van der Waals surface area (Å²) >= 11 is 5.05. The predicted octanol–water partition coefficient (Wildman–Crippen LogP) is 0.936. The highest BCUT2D eigenvalue weighted by Crippen LogP contribution is 2.19. The topological polar surface area (TPSA) is 50.4 Å². The van der Waals surface area contributed by atoms with Crippen LogP contribution in [-0.4, -0.2) is 24.2 Å². The molecule has 15 heavy (non-hydrogen) atoms. The second kappa shape index (κ2) is 4.61. The van der Waals surface area contributed by atoms with E-state index in [2.05, 4.69) is 10.6 Å². The Kier molecular flexibility index (Phi) is 3.68. The van der Waals surface area contributed by atoms with Crippen molar-refractivity contribution in [3.63, 3.8) is 0 Å². The average molecular weight is 228 g/mol. The number of allylic oxidation sites excluding steroid dienone is 1. The second-order valence-corrected chi connectivity index (χ2v) is 4.26. The van der Waals surface area contributed by atoms with E-state index in [0.29, 0.717) is 10.7 Å². The van der Waals surface area contributed by atoms with Gasteiger partial charge in [0.25, 0.3) is 0 Å². The van der Waals surface area contributed by atoms with E-state index in [1.807, 2.05) is 20.8 Å². The van der Waals surface area contributed by atoms with Crippen molar-refractivity contribution in [1.29, 1.82) is 0 Å². The Hall–Kier alpha value is -1.10. The van der Waals surface area contributed by atoms with Crippen molar-refractivity contribution in [2.75, 3.05) is 7.11 Å². The molecule has 0 amide bonds. The Bertz CT molecular complexity index is 323. The van der Waals surface area contributed by atoms with Crippen LogP contribution >= 0.6 is 12.2 Å². The van der Waals surface area contributed by atoms with E-state index < -0.39 is 0 Å². The van der Waals surface area contributed by atoms with Crippen LogP contribution in [0.2, 0.25) is 0 Å². The van der Waals surface area contributed by atoms with Gasteiger partial charge in [-0.25, -0.2) is 4.79 Å². The molecule has 4 nitrogen and oxygen atoms in total. The van der Waals surface area contributed by atoms with Gasteiger partial charge in [-0.05, 0) is 25.1 Å². The number of methoxy groups -OCH3 is 1. The van der Waals surface area contributed by atoms with Crippen LogP contribution < -0.4 is 10.6 Å². The molecule has 0 aromatic carbocycles. The van der Waals surface area contributed by atoms with Crippen molar-refractivity contribution in [2.24, 2.45) is 5.92 Å². The van der Waals surface area contributed by atoms with Crippen molar-refractivity contribution in [2.45, 2.75) is 26.8 Å². The lowest BCUT2D eigenvalue weighted by atomic mass is 9.93. The molecule has 1 aliphatic heterocycles. The largest absolute Gasteiger partial charge is 0.466 e. The smallest absolute Gasteiger partial charge is 0.337 e. The summed E-state index contributed by atoms with van der Waals surface area (Å²) in [6.45, 7) is 5.89. The van der Waals surface area contributed by atoms with Crippen molar-refractivity contribution in [3.05, 3.63) is 11.3 Å². The number of carbonyl (C=O) groups excluding carboxylic acids is 1. The number of rotatable bonds is 2. The van der Waals surface area contributed by atoms with E-state index in [4.69, 9.17) is 17.0 Å². The number of esters is 1. The first-order valence-electron chi connectivity index (χ1n) is 4.84. The van der Waals surface area contributed by atoms with E-state index in [9.17, 15) is 4.79 Å². The van der Waals surface area contributed by atoms with E-state index in [1.165, 1.54) is 7.11 Å². The van der Waals surface area contributed by atoms with Gasteiger partial charge in [0, 0.05) is 5.70 Å². The molecule has 0 spiro atoms. The van der Waals surface area contributed by atoms with Crippen LogP contribution in [-0.2, 0) is 9.53 Å². The first-order valence-corrected chi connectivity index (χ1v) is 5.24. The number of nitrogens with one attached hydrogen (secondary N) is 2. The standard InChI is InChI=1S/C10H16N2O2S/c1-5(2)8-7(9(13)14-4)6(3)11-10(15)12-8/h5,8H,1-4H3,(H2,11,12,15). The number of thiocarbonyl (C=S) groups is 1. The van der Waals surface area contributed by atoms with Crippen molar-refractivity contribution in [1.82, 2.24) is 10.6 Å². The Balaban J connectivity index is 3.08. The van der Waals surface area contributed by atoms with Gasteiger partial charge in [0.2, 0.25) is 0 Å². The van der Waals surface area contributed by atoms with Gasteiger partial charge in [-0.15, -0.1) is 0 Å². The number of carbonyl (C=O) groups is 1. The molecule has 0 aromatic heterocycles. The van der Waals surface area contributed by atoms with E-state index in [-0.39, 0.29) is 17.9 Å². The van der Waals surface area contributed by atoms with Crippen LogP contribution in [0.1, 0.15) is 20.8 Å². The van der Waals surface area contributed by atoms with Gasteiger partial charge in [0.05, 0.1) is 18.7 Å². The van der Waals surface area contributed by atoms with Crippen molar-refractivity contribution in [3.8, 4) is 0 Å². The highest BCUT2D eigenvalue weighted by Gasteiger charge is 2.30. The van der Waals surface area contributed by atoms with Crippen LogP contribution in [0.3, 0.4) is 0 Å². The molecular weight excluding hydrogens is 212 g/mol. The zero-order valence-corrected chi connectivity index (χ0v) is 10.2. The van der Waals surface area contributed by atoms with Gasteiger partial charge in [0.15, 0.2) is 5.11 Å². The SMILES string of the molecule is COC(=O)C1=C(C)NC(=S)NC1C(C)C. The molecule has 84 valence electrons. The molecule has 5 heteroatoms. The fraction of sp³-hybridized carbons (Fsp3) is 0.600. The molecule has 0 saturated carbocycles. The third-order valence-corrected chi connectivity index (χ3v) is 2.59. The highest BCUT2D eigenvalue weighted by atomic mass is 32.1. The number of ether oxygens (including phenoxy) is 1. The summed E-state index contributed by atoms with van der Waals surface area (Å²) in [5.41, 5.74) is 1.39. The molecule has 0 radical (unpaired) electrons.